The Morgan fingerprint density at radius 3 is 2.70 bits per heavy atom. The van der Waals surface area contributed by atoms with Crippen LogP contribution in [0.3, 0.4) is 0 Å². The molecular formula is C20H15N3O4. The quantitative estimate of drug-likeness (QED) is 0.699. The largest absolute Gasteiger partial charge is 0.452 e. The highest BCUT2D eigenvalue weighted by atomic mass is 16.5. The lowest BCUT2D eigenvalue weighted by molar-refractivity contribution is -0.119. The fourth-order valence-corrected chi connectivity index (χ4v) is 2.47. The summed E-state index contributed by atoms with van der Waals surface area (Å²) in [6, 6.07) is 17.5. The normalized spacial score (nSPS) is 10.1. The highest BCUT2D eigenvalue weighted by Gasteiger charge is 2.23. The summed E-state index contributed by atoms with van der Waals surface area (Å²) in [5, 5.41) is 15.4. The van der Waals surface area contributed by atoms with Gasteiger partial charge in [0.1, 0.15) is 17.0 Å². The molecule has 0 bridgehead atoms. The summed E-state index contributed by atoms with van der Waals surface area (Å²) in [6.45, 7) is 1.12. The van der Waals surface area contributed by atoms with Crippen LogP contribution in [0.15, 0.2) is 59.1 Å². The Balaban J connectivity index is 1.67. The molecule has 0 aliphatic rings. The van der Waals surface area contributed by atoms with Crippen molar-refractivity contribution in [3.63, 3.8) is 0 Å². The number of aryl methyl sites for hydroxylation is 1. The number of aromatic nitrogens is 1. The molecule has 0 unspecified atom stereocenters. The third kappa shape index (κ3) is 4.19. The number of nitrogens with one attached hydrogen (secondary N) is 1. The van der Waals surface area contributed by atoms with Gasteiger partial charge in [-0.1, -0.05) is 41.6 Å². The summed E-state index contributed by atoms with van der Waals surface area (Å²) < 4.78 is 10.2. The van der Waals surface area contributed by atoms with Crippen LogP contribution in [0.2, 0.25) is 0 Å². The zero-order valence-electron chi connectivity index (χ0n) is 14.4. The van der Waals surface area contributed by atoms with Crippen molar-refractivity contribution in [2.24, 2.45) is 0 Å². The molecule has 7 heteroatoms. The summed E-state index contributed by atoms with van der Waals surface area (Å²) in [7, 11) is 0. The van der Waals surface area contributed by atoms with E-state index >= 15 is 0 Å². The molecule has 0 spiro atoms. The van der Waals surface area contributed by atoms with Crippen molar-refractivity contribution >= 4 is 17.6 Å². The Labute approximate surface area is 155 Å². The molecule has 7 nitrogen and oxygen atoms in total. The lowest BCUT2D eigenvalue weighted by Crippen LogP contribution is -2.21. The van der Waals surface area contributed by atoms with Gasteiger partial charge in [0.05, 0.1) is 11.6 Å². The van der Waals surface area contributed by atoms with Gasteiger partial charge in [-0.25, -0.2) is 4.79 Å². The highest BCUT2D eigenvalue weighted by Crippen LogP contribution is 2.25. The molecule has 0 radical (unpaired) electrons. The van der Waals surface area contributed by atoms with Gasteiger partial charge in [-0.3, -0.25) is 4.79 Å². The Hall–Kier alpha value is -3.92. The van der Waals surface area contributed by atoms with Gasteiger partial charge in [-0.15, -0.1) is 0 Å². The number of ether oxygens (including phenoxy) is 1. The minimum absolute atomic E-state index is 0.181. The average molecular weight is 361 g/mol. The molecule has 0 saturated heterocycles. The smallest absolute Gasteiger partial charge is 0.344 e. The second-order valence-electron chi connectivity index (χ2n) is 5.65. The van der Waals surface area contributed by atoms with Gasteiger partial charge in [0, 0.05) is 11.3 Å². The molecular weight excluding hydrogens is 346 g/mol. The van der Waals surface area contributed by atoms with E-state index in [2.05, 4.69) is 10.5 Å². The van der Waals surface area contributed by atoms with Crippen LogP contribution in [0.4, 0.5) is 5.69 Å². The summed E-state index contributed by atoms with van der Waals surface area (Å²) in [4.78, 5) is 24.4. The number of hydrogen-bond acceptors (Lipinski definition) is 6. The van der Waals surface area contributed by atoms with Crippen LogP contribution in [0.25, 0.3) is 11.3 Å². The number of rotatable bonds is 5. The van der Waals surface area contributed by atoms with Gasteiger partial charge in [0.25, 0.3) is 5.91 Å². The average Bonchev–Trinajstić information content (AvgIpc) is 3.08. The SMILES string of the molecule is Cc1onc(-c2ccccc2)c1C(=O)OCC(=O)Nc1cccc(C#N)c1. The van der Waals surface area contributed by atoms with E-state index < -0.39 is 18.5 Å². The van der Waals surface area contributed by atoms with Gasteiger partial charge in [0.15, 0.2) is 6.61 Å². The Kier molecular flexibility index (Phi) is 5.28. The second kappa shape index (κ2) is 7.97. The van der Waals surface area contributed by atoms with Crippen molar-refractivity contribution in [3.8, 4) is 17.3 Å². The van der Waals surface area contributed by atoms with E-state index in [0.717, 1.165) is 0 Å². The first-order chi connectivity index (χ1) is 13.1. The predicted molar refractivity (Wildman–Crippen MR) is 96.7 cm³/mol. The number of esters is 1. The first kappa shape index (κ1) is 17.9. The first-order valence-electron chi connectivity index (χ1n) is 8.07. The molecule has 0 saturated carbocycles. The van der Waals surface area contributed by atoms with E-state index in [1.807, 2.05) is 24.3 Å². The van der Waals surface area contributed by atoms with Gasteiger partial charge in [-0.2, -0.15) is 5.26 Å². The van der Waals surface area contributed by atoms with Crippen LogP contribution in [0, 0.1) is 18.3 Å². The maximum atomic E-state index is 12.4. The maximum absolute atomic E-state index is 12.4. The van der Waals surface area contributed by atoms with E-state index in [-0.39, 0.29) is 5.56 Å². The number of amides is 1. The van der Waals surface area contributed by atoms with Gasteiger partial charge < -0.3 is 14.6 Å². The van der Waals surface area contributed by atoms with Gasteiger partial charge in [-0.05, 0) is 25.1 Å². The van der Waals surface area contributed by atoms with Crippen molar-refractivity contribution in [3.05, 3.63) is 71.5 Å². The lowest BCUT2D eigenvalue weighted by atomic mass is 10.1. The van der Waals surface area contributed by atoms with Crippen LogP contribution in [0.1, 0.15) is 21.7 Å². The van der Waals surface area contributed by atoms with Gasteiger partial charge in [0.2, 0.25) is 0 Å². The van der Waals surface area contributed by atoms with Crippen molar-refractivity contribution < 1.29 is 18.8 Å². The van der Waals surface area contributed by atoms with Crippen LogP contribution in [0.5, 0.6) is 0 Å². The Morgan fingerprint density at radius 1 is 1.19 bits per heavy atom. The van der Waals surface area contributed by atoms with Crippen LogP contribution in [-0.4, -0.2) is 23.6 Å². The number of carbonyl (C=O) groups is 2. The Bertz CT molecular complexity index is 1020. The van der Waals surface area contributed by atoms with E-state index in [1.165, 1.54) is 6.07 Å². The molecule has 0 fully saturated rings. The minimum atomic E-state index is -0.700. The van der Waals surface area contributed by atoms with Crippen molar-refractivity contribution in [1.82, 2.24) is 5.16 Å². The second-order valence-corrected chi connectivity index (χ2v) is 5.65. The molecule has 27 heavy (non-hydrogen) atoms. The maximum Gasteiger partial charge on any atom is 0.344 e. The fraction of sp³-hybridized carbons (Fsp3) is 0.100. The first-order valence-corrected chi connectivity index (χ1v) is 8.07. The number of hydrogen-bond donors (Lipinski definition) is 1. The van der Waals surface area contributed by atoms with Crippen molar-refractivity contribution in [1.29, 1.82) is 5.26 Å². The zero-order chi connectivity index (χ0) is 19.2. The van der Waals surface area contributed by atoms with Crippen LogP contribution >= 0.6 is 0 Å². The highest BCUT2D eigenvalue weighted by molar-refractivity contribution is 5.99. The van der Waals surface area contributed by atoms with Crippen LogP contribution < -0.4 is 5.32 Å². The molecule has 3 rings (SSSR count). The Morgan fingerprint density at radius 2 is 1.96 bits per heavy atom. The molecule has 1 aromatic heterocycles. The molecule has 1 N–H and O–H groups in total. The molecule has 0 aliphatic carbocycles. The molecule has 1 heterocycles. The van der Waals surface area contributed by atoms with E-state index in [4.69, 9.17) is 14.5 Å². The zero-order valence-corrected chi connectivity index (χ0v) is 14.4. The summed E-state index contributed by atoms with van der Waals surface area (Å²) in [5.74, 6) is -0.914. The van der Waals surface area contributed by atoms with Crippen molar-refractivity contribution in [2.75, 3.05) is 11.9 Å². The minimum Gasteiger partial charge on any atom is -0.452 e. The van der Waals surface area contributed by atoms with Gasteiger partial charge >= 0.3 is 5.97 Å². The number of nitriles is 1. The van der Waals surface area contributed by atoms with Crippen LogP contribution in [-0.2, 0) is 9.53 Å². The molecule has 1 amide bonds. The number of carbonyl (C=O) groups excluding carboxylic acids is 2. The lowest BCUT2D eigenvalue weighted by Gasteiger charge is -2.07. The topological polar surface area (TPSA) is 105 Å². The monoisotopic (exact) mass is 361 g/mol. The predicted octanol–water partition coefficient (Wildman–Crippen LogP) is 3.32. The number of nitrogens with zero attached hydrogens (tertiary/aromatic N) is 2. The molecule has 0 atom stereocenters. The summed E-state index contributed by atoms with van der Waals surface area (Å²) in [5.41, 5.74) is 2.11. The molecule has 3 aromatic rings. The molecule has 134 valence electrons. The summed E-state index contributed by atoms with van der Waals surface area (Å²) >= 11 is 0. The number of anilines is 1. The summed E-state index contributed by atoms with van der Waals surface area (Å²) in [6.07, 6.45) is 0. The third-order valence-electron chi connectivity index (χ3n) is 3.72. The van der Waals surface area contributed by atoms with E-state index in [9.17, 15) is 9.59 Å². The number of benzene rings is 2. The molecule has 2 aromatic carbocycles. The van der Waals surface area contributed by atoms with Crippen molar-refractivity contribution in [2.45, 2.75) is 6.92 Å². The van der Waals surface area contributed by atoms with E-state index in [1.54, 1.807) is 37.3 Å². The fourth-order valence-electron chi connectivity index (χ4n) is 2.47. The molecule has 0 aliphatic heterocycles. The van der Waals surface area contributed by atoms with E-state index in [0.29, 0.717) is 28.3 Å². The third-order valence-corrected chi connectivity index (χ3v) is 3.72. The standard InChI is InChI=1S/C20H15N3O4/c1-13-18(19(23-27-13)15-7-3-2-4-8-15)20(25)26-12-17(24)22-16-9-5-6-14(10-16)11-21/h2-10H,12H2,1H3,(H,22,24).